The van der Waals surface area contributed by atoms with Crippen molar-refractivity contribution in [1.82, 2.24) is 4.98 Å². The van der Waals surface area contributed by atoms with Crippen LogP contribution in [0.3, 0.4) is 0 Å². The summed E-state index contributed by atoms with van der Waals surface area (Å²) in [4.78, 5) is 4.14. The monoisotopic (exact) mass is 255 g/mol. The number of aromatic nitrogens is 1. The highest BCUT2D eigenvalue weighted by molar-refractivity contribution is 5.26. The van der Waals surface area contributed by atoms with Gasteiger partial charge in [-0.05, 0) is 30.4 Å². The Morgan fingerprint density at radius 1 is 1.21 bits per heavy atom. The van der Waals surface area contributed by atoms with Gasteiger partial charge in [0.1, 0.15) is 12.4 Å². The first-order valence-corrected chi connectivity index (χ1v) is 6.62. The molecule has 0 radical (unpaired) electrons. The van der Waals surface area contributed by atoms with Gasteiger partial charge in [-0.1, -0.05) is 30.3 Å². The van der Waals surface area contributed by atoms with E-state index in [1.165, 1.54) is 0 Å². The standard InChI is InChI=1S/C16H17NO2/c18-16(13-6-7-13)14-8-15(10-17-9-14)19-11-12-4-2-1-3-5-12/h1-5,8-10,13,16,18H,6-7,11H2/t16-/m0/s1. The number of aliphatic hydroxyl groups excluding tert-OH is 1. The van der Waals surface area contributed by atoms with E-state index in [2.05, 4.69) is 4.98 Å². The zero-order valence-electron chi connectivity index (χ0n) is 10.7. The van der Waals surface area contributed by atoms with Crippen LogP contribution in [0.4, 0.5) is 0 Å². The molecular formula is C16H17NO2. The predicted molar refractivity (Wildman–Crippen MR) is 72.7 cm³/mol. The summed E-state index contributed by atoms with van der Waals surface area (Å²) in [6.07, 6.45) is 5.23. The van der Waals surface area contributed by atoms with E-state index in [1.54, 1.807) is 12.4 Å². The Hall–Kier alpha value is -1.87. The van der Waals surface area contributed by atoms with Gasteiger partial charge in [0.2, 0.25) is 0 Å². The van der Waals surface area contributed by atoms with Crippen molar-refractivity contribution in [2.45, 2.75) is 25.6 Å². The fourth-order valence-electron chi connectivity index (χ4n) is 2.10. The first-order chi connectivity index (χ1) is 9.33. The summed E-state index contributed by atoms with van der Waals surface area (Å²) < 4.78 is 5.71. The lowest BCUT2D eigenvalue weighted by atomic mass is 10.1. The van der Waals surface area contributed by atoms with E-state index >= 15 is 0 Å². The van der Waals surface area contributed by atoms with E-state index in [0.717, 1.165) is 24.0 Å². The minimum Gasteiger partial charge on any atom is -0.487 e. The van der Waals surface area contributed by atoms with Gasteiger partial charge in [-0.3, -0.25) is 4.98 Å². The number of ether oxygens (including phenoxy) is 1. The highest BCUT2D eigenvalue weighted by atomic mass is 16.5. The Bertz CT molecular complexity index is 537. The molecule has 0 bridgehead atoms. The lowest BCUT2D eigenvalue weighted by Crippen LogP contribution is -2.02. The molecule has 98 valence electrons. The fraction of sp³-hybridized carbons (Fsp3) is 0.312. The van der Waals surface area contributed by atoms with E-state index < -0.39 is 6.10 Å². The summed E-state index contributed by atoms with van der Waals surface area (Å²) in [5.41, 5.74) is 1.98. The summed E-state index contributed by atoms with van der Waals surface area (Å²) in [6.45, 7) is 0.519. The fourth-order valence-corrected chi connectivity index (χ4v) is 2.10. The minimum absolute atomic E-state index is 0.396. The second-order valence-electron chi connectivity index (χ2n) is 5.01. The molecular weight excluding hydrogens is 238 g/mol. The smallest absolute Gasteiger partial charge is 0.138 e. The van der Waals surface area contributed by atoms with Crippen molar-refractivity contribution < 1.29 is 9.84 Å². The summed E-state index contributed by atoms with van der Waals surface area (Å²) in [7, 11) is 0. The first kappa shape index (κ1) is 12.2. The van der Waals surface area contributed by atoms with Crippen molar-refractivity contribution in [1.29, 1.82) is 0 Å². The zero-order valence-corrected chi connectivity index (χ0v) is 10.7. The highest BCUT2D eigenvalue weighted by Crippen LogP contribution is 2.41. The van der Waals surface area contributed by atoms with Crippen LogP contribution in [-0.4, -0.2) is 10.1 Å². The third-order valence-corrected chi connectivity index (χ3v) is 3.39. The minimum atomic E-state index is -0.396. The van der Waals surface area contributed by atoms with Crippen molar-refractivity contribution >= 4 is 0 Å². The summed E-state index contributed by atoms with van der Waals surface area (Å²) >= 11 is 0. The lowest BCUT2D eigenvalue weighted by Gasteiger charge is -2.11. The Kier molecular flexibility index (Phi) is 3.47. The van der Waals surface area contributed by atoms with Gasteiger partial charge in [0.25, 0.3) is 0 Å². The molecule has 0 unspecified atom stereocenters. The van der Waals surface area contributed by atoms with Crippen LogP contribution in [0.2, 0.25) is 0 Å². The largest absolute Gasteiger partial charge is 0.487 e. The average molecular weight is 255 g/mol. The molecule has 0 amide bonds. The van der Waals surface area contributed by atoms with Crippen LogP contribution >= 0.6 is 0 Å². The van der Waals surface area contributed by atoms with Gasteiger partial charge in [0, 0.05) is 11.8 Å². The van der Waals surface area contributed by atoms with Gasteiger partial charge in [-0.2, -0.15) is 0 Å². The van der Waals surface area contributed by atoms with Gasteiger partial charge in [0.15, 0.2) is 0 Å². The number of hydrogen-bond acceptors (Lipinski definition) is 3. The molecule has 3 nitrogen and oxygen atoms in total. The Labute approximate surface area is 112 Å². The topological polar surface area (TPSA) is 42.4 Å². The van der Waals surface area contributed by atoms with E-state index in [1.807, 2.05) is 36.4 Å². The maximum absolute atomic E-state index is 10.1. The molecule has 3 heteroatoms. The predicted octanol–water partition coefficient (Wildman–Crippen LogP) is 3.10. The van der Waals surface area contributed by atoms with Crippen molar-refractivity contribution in [3.05, 3.63) is 59.9 Å². The van der Waals surface area contributed by atoms with E-state index in [9.17, 15) is 5.11 Å². The molecule has 1 fully saturated rings. The van der Waals surface area contributed by atoms with Crippen LogP contribution < -0.4 is 4.74 Å². The van der Waals surface area contributed by atoms with Crippen LogP contribution in [0.5, 0.6) is 5.75 Å². The quantitative estimate of drug-likeness (QED) is 0.892. The van der Waals surface area contributed by atoms with Crippen molar-refractivity contribution in [2.75, 3.05) is 0 Å². The number of aliphatic hydroxyl groups is 1. The van der Waals surface area contributed by atoms with E-state index in [-0.39, 0.29) is 0 Å². The maximum atomic E-state index is 10.1. The number of hydrogen-bond donors (Lipinski definition) is 1. The number of nitrogens with zero attached hydrogens (tertiary/aromatic N) is 1. The Morgan fingerprint density at radius 3 is 2.74 bits per heavy atom. The highest BCUT2D eigenvalue weighted by Gasteiger charge is 2.31. The molecule has 0 aliphatic heterocycles. The molecule has 0 saturated heterocycles. The molecule has 1 saturated carbocycles. The Morgan fingerprint density at radius 2 is 2.00 bits per heavy atom. The summed E-state index contributed by atoms with van der Waals surface area (Å²) in [6, 6.07) is 11.9. The van der Waals surface area contributed by atoms with Crippen LogP contribution in [0.25, 0.3) is 0 Å². The molecule has 3 rings (SSSR count). The SMILES string of the molecule is O[C@H](c1cncc(OCc2ccccc2)c1)C1CC1. The molecule has 19 heavy (non-hydrogen) atoms. The maximum Gasteiger partial charge on any atom is 0.138 e. The summed E-state index contributed by atoms with van der Waals surface area (Å²) in [5.74, 6) is 1.12. The lowest BCUT2D eigenvalue weighted by molar-refractivity contribution is 0.153. The van der Waals surface area contributed by atoms with Crippen molar-refractivity contribution in [2.24, 2.45) is 5.92 Å². The second-order valence-corrected chi connectivity index (χ2v) is 5.01. The Balaban J connectivity index is 1.66. The molecule has 1 heterocycles. The van der Waals surface area contributed by atoms with Crippen LogP contribution in [0.1, 0.15) is 30.1 Å². The van der Waals surface area contributed by atoms with Gasteiger partial charge in [0.05, 0.1) is 12.3 Å². The third-order valence-electron chi connectivity index (χ3n) is 3.39. The molecule has 1 aromatic carbocycles. The average Bonchev–Trinajstić information content (AvgIpc) is 3.30. The van der Waals surface area contributed by atoms with Crippen LogP contribution in [-0.2, 0) is 6.61 Å². The summed E-state index contributed by atoms with van der Waals surface area (Å²) in [5, 5.41) is 10.1. The molecule has 1 aromatic heterocycles. The van der Waals surface area contributed by atoms with Crippen LogP contribution in [0, 0.1) is 5.92 Å². The molecule has 1 atom stereocenters. The molecule has 2 aromatic rings. The van der Waals surface area contributed by atoms with Gasteiger partial charge in [-0.25, -0.2) is 0 Å². The van der Waals surface area contributed by atoms with Gasteiger partial charge >= 0.3 is 0 Å². The third kappa shape index (κ3) is 3.12. The molecule has 1 N–H and O–H groups in total. The molecule has 0 spiro atoms. The van der Waals surface area contributed by atoms with Gasteiger partial charge < -0.3 is 9.84 Å². The van der Waals surface area contributed by atoms with Crippen molar-refractivity contribution in [3.8, 4) is 5.75 Å². The zero-order chi connectivity index (χ0) is 13.1. The van der Waals surface area contributed by atoms with E-state index in [4.69, 9.17) is 4.74 Å². The molecule has 1 aliphatic carbocycles. The van der Waals surface area contributed by atoms with Crippen molar-refractivity contribution in [3.63, 3.8) is 0 Å². The molecule has 1 aliphatic rings. The number of rotatable bonds is 5. The first-order valence-electron chi connectivity index (χ1n) is 6.62. The van der Waals surface area contributed by atoms with Crippen LogP contribution in [0.15, 0.2) is 48.8 Å². The van der Waals surface area contributed by atoms with Gasteiger partial charge in [-0.15, -0.1) is 0 Å². The second kappa shape index (κ2) is 5.41. The number of benzene rings is 1. The normalized spacial score (nSPS) is 16.1. The number of pyridine rings is 1. The van der Waals surface area contributed by atoms with E-state index in [0.29, 0.717) is 18.3 Å².